The molecule has 9 nitrogen and oxygen atoms in total. The Morgan fingerprint density at radius 1 is 0.407 bits per heavy atom. The molecular formula is C77H135NO8. The number of carbonyl (C=O) groups is 1. The summed E-state index contributed by atoms with van der Waals surface area (Å²) < 4.78 is 11.3. The molecule has 0 aromatic heterocycles. The van der Waals surface area contributed by atoms with Crippen LogP contribution in [0.1, 0.15) is 316 Å². The van der Waals surface area contributed by atoms with Gasteiger partial charge in [0.2, 0.25) is 5.91 Å². The van der Waals surface area contributed by atoms with Crippen molar-refractivity contribution < 1.29 is 39.8 Å². The second kappa shape index (κ2) is 64.8. The Bertz CT molecular complexity index is 1730. The smallest absolute Gasteiger partial charge is 0.220 e. The van der Waals surface area contributed by atoms with Crippen LogP contribution in [0.15, 0.2) is 109 Å². The molecule has 1 aliphatic heterocycles. The second-order valence-electron chi connectivity index (χ2n) is 24.6. The highest BCUT2D eigenvalue weighted by Gasteiger charge is 2.44. The molecule has 9 heteroatoms. The zero-order valence-electron chi connectivity index (χ0n) is 55.5. The number of carbonyl (C=O) groups excluding carboxylic acids is 1. The van der Waals surface area contributed by atoms with Gasteiger partial charge in [-0.2, -0.15) is 0 Å². The fraction of sp³-hybridized carbons (Fsp3) is 0.753. The van der Waals surface area contributed by atoms with Crippen molar-refractivity contribution in [3.05, 3.63) is 109 Å². The molecule has 0 aromatic carbocycles. The SMILES string of the molecule is CC/C=C\C/C=C\C/C=C\C/C=C\C/C=C\C/C=C\C/C=C\CCCCCCCCCCCCCCCCCC(=O)NC(COC1OC(CO)C(O)C(O)C1O)C(O)/C=C/CC/C=C/CCCCCCCCCCCCCCCCCCCCCC. The van der Waals surface area contributed by atoms with Gasteiger partial charge < -0.3 is 40.3 Å². The van der Waals surface area contributed by atoms with Gasteiger partial charge in [-0.15, -0.1) is 0 Å². The normalized spacial score (nSPS) is 18.7. The lowest BCUT2D eigenvalue weighted by atomic mass is 9.99. The minimum atomic E-state index is -1.58. The van der Waals surface area contributed by atoms with E-state index in [1.165, 1.54) is 212 Å². The Labute approximate surface area is 529 Å². The number of rotatable bonds is 62. The van der Waals surface area contributed by atoms with Crippen LogP contribution in [-0.4, -0.2) is 87.5 Å². The number of ether oxygens (including phenoxy) is 2. The van der Waals surface area contributed by atoms with Crippen molar-refractivity contribution in [3.63, 3.8) is 0 Å². The summed E-state index contributed by atoms with van der Waals surface area (Å²) in [4.78, 5) is 13.1. The Hall–Kier alpha value is -3.15. The average Bonchev–Trinajstić information content (AvgIpc) is 2.44. The average molecular weight is 1200 g/mol. The molecule has 7 unspecified atom stereocenters. The van der Waals surface area contributed by atoms with Crippen LogP contribution in [0.4, 0.5) is 0 Å². The van der Waals surface area contributed by atoms with Gasteiger partial charge in [0.25, 0.3) is 0 Å². The standard InChI is InChI=1S/C77H135NO8/c1-3-5-7-9-11-13-15-17-19-21-23-25-27-29-31-32-33-34-35-36-37-38-39-40-41-43-45-47-49-51-53-55-57-59-61-63-65-67-73(81)78-70(69-85-77-76(84)75(83)74(82)72(68-79)86-77)71(80)66-64-62-60-58-56-54-52-50-48-46-44-42-30-28-26-24-22-20-18-16-14-12-10-8-6-4-2/h5,7,11,13,17,19,23,25,29,31,33-34,36-37,56,58,64,66,70-72,74-77,79-80,82-84H,3-4,6,8-10,12,14-16,18,20-22,24,26-28,30,32,35,38-55,57,59-63,65,67-69H2,1-2H3,(H,78,81)/b7-5-,13-11-,19-17-,25-23-,31-29-,34-33-,37-36-,58-56+,66-64+. The van der Waals surface area contributed by atoms with Crippen LogP contribution in [0.5, 0.6) is 0 Å². The molecule has 0 spiro atoms. The minimum Gasteiger partial charge on any atom is -0.394 e. The molecule has 0 aromatic rings. The summed E-state index contributed by atoms with van der Waals surface area (Å²) in [5.74, 6) is -0.187. The fourth-order valence-corrected chi connectivity index (χ4v) is 11.0. The van der Waals surface area contributed by atoms with Gasteiger partial charge in [0.1, 0.15) is 24.4 Å². The lowest BCUT2D eigenvalue weighted by Gasteiger charge is -2.40. The minimum absolute atomic E-state index is 0.187. The first-order valence-electron chi connectivity index (χ1n) is 36.1. The summed E-state index contributed by atoms with van der Waals surface area (Å²) >= 11 is 0. The Morgan fingerprint density at radius 2 is 0.733 bits per heavy atom. The molecule has 0 aliphatic carbocycles. The number of hydrogen-bond acceptors (Lipinski definition) is 8. The number of nitrogens with one attached hydrogen (secondary N) is 1. The maximum atomic E-state index is 13.1. The van der Waals surface area contributed by atoms with E-state index in [0.717, 1.165) is 83.5 Å². The first kappa shape index (κ1) is 80.9. The zero-order valence-corrected chi connectivity index (χ0v) is 55.5. The lowest BCUT2D eigenvalue weighted by molar-refractivity contribution is -0.302. The molecular weight excluding hydrogens is 1070 g/mol. The number of aliphatic hydroxyl groups excluding tert-OH is 5. The molecule has 6 N–H and O–H groups in total. The number of aliphatic hydroxyl groups is 5. The number of unbranched alkanes of at least 4 members (excludes halogenated alkanes) is 36. The van der Waals surface area contributed by atoms with Crippen molar-refractivity contribution in [2.24, 2.45) is 0 Å². The van der Waals surface area contributed by atoms with Gasteiger partial charge in [0.05, 0.1) is 25.4 Å². The molecule has 496 valence electrons. The molecule has 1 rings (SSSR count). The van der Waals surface area contributed by atoms with Gasteiger partial charge in [0.15, 0.2) is 6.29 Å². The van der Waals surface area contributed by atoms with E-state index in [1.807, 2.05) is 6.08 Å². The molecule has 1 heterocycles. The number of allylic oxidation sites excluding steroid dienone is 17. The van der Waals surface area contributed by atoms with Crippen LogP contribution < -0.4 is 5.32 Å². The number of hydrogen-bond donors (Lipinski definition) is 6. The van der Waals surface area contributed by atoms with Gasteiger partial charge >= 0.3 is 0 Å². The van der Waals surface area contributed by atoms with Crippen LogP contribution in [0.2, 0.25) is 0 Å². The van der Waals surface area contributed by atoms with Gasteiger partial charge in [-0.25, -0.2) is 0 Å². The molecule has 86 heavy (non-hydrogen) atoms. The van der Waals surface area contributed by atoms with E-state index in [-0.39, 0.29) is 12.5 Å². The lowest BCUT2D eigenvalue weighted by Crippen LogP contribution is -2.60. The number of amides is 1. The maximum Gasteiger partial charge on any atom is 0.220 e. The van der Waals surface area contributed by atoms with E-state index in [0.29, 0.717) is 6.42 Å². The molecule has 0 bridgehead atoms. The molecule has 1 fully saturated rings. The van der Waals surface area contributed by atoms with Crippen LogP contribution >= 0.6 is 0 Å². The summed E-state index contributed by atoms with van der Waals surface area (Å²) in [5, 5.41) is 54.8. The van der Waals surface area contributed by atoms with Gasteiger partial charge in [0, 0.05) is 6.42 Å². The largest absolute Gasteiger partial charge is 0.394 e. The van der Waals surface area contributed by atoms with Crippen LogP contribution in [-0.2, 0) is 14.3 Å². The zero-order chi connectivity index (χ0) is 62.1. The summed E-state index contributed by atoms with van der Waals surface area (Å²) in [6, 6.07) is -0.829. The summed E-state index contributed by atoms with van der Waals surface area (Å²) in [5.41, 5.74) is 0. The molecule has 1 aliphatic rings. The van der Waals surface area contributed by atoms with E-state index < -0.39 is 49.5 Å². The van der Waals surface area contributed by atoms with Crippen LogP contribution in [0, 0.1) is 0 Å². The first-order valence-corrected chi connectivity index (χ1v) is 36.1. The van der Waals surface area contributed by atoms with Crippen molar-refractivity contribution in [1.82, 2.24) is 5.32 Å². The predicted octanol–water partition coefficient (Wildman–Crippen LogP) is 20.0. The third kappa shape index (κ3) is 52.8. The molecule has 1 amide bonds. The van der Waals surface area contributed by atoms with E-state index in [1.54, 1.807) is 6.08 Å². The van der Waals surface area contributed by atoms with E-state index >= 15 is 0 Å². The molecule has 1 saturated heterocycles. The third-order valence-corrected chi connectivity index (χ3v) is 16.6. The Kier molecular flexibility index (Phi) is 61.0. The van der Waals surface area contributed by atoms with Crippen molar-refractivity contribution in [1.29, 1.82) is 0 Å². The summed E-state index contributed by atoms with van der Waals surface area (Å²) in [6.07, 6.45) is 89.1. The highest BCUT2D eigenvalue weighted by Crippen LogP contribution is 2.23. The van der Waals surface area contributed by atoms with Crippen LogP contribution in [0.25, 0.3) is 0 Å². The second-order valence-corrected chi connectivity index (χ2v) is 24.6. The van der Waals surface area contributed by atoms with Crippen LogP contribution in [0.3, 0.4) is 0 Å². The molecule has 7 atom stereocenters. The van der Waals surface area contributed by atoms with E-state index in [4.69, 9.17) is 9.47 Å². The van der Waals surface area contributed by atoms with Crippen molar-refractivity contribution in [3.8, 4) is 0 Å². The first-order chi connectivity index (χ1) is 42.3. The quantitative estimate of drug-likeness (QED) is 0.0261. The van der Waals surface area contributed by atoms with Gasteiger partial charge in [-0.05, 0) is 89.9 Å². The topological polar surface area (TPSA) is 149 Å². The summed E-state index contributed by atoms with van der Waals surface area (Å²) in [7, 11) is 0. The van der Waals surface area contributed by atoms with E-state index in [2.05, 4.69) is 116 Å². The molecule has 0 radical (unpaired) electrons. The predicted molar refractivity (Wildman–Crippen MR) is 368 cm³/mol. The van der Waals surface area contributed by atoms with Crippen molar-refractivity contribution in [2.45, 2.75) is 358 Å². The van der Waals surface area contributed by atoms with E-state index in [9.17, 15) is 30.3 Å². The monoisotopic (exact) mass is 1200 g/mol. The fourth-order valence-electron chi connectivity index (χ4n) is 11.0. The van der Waals surface area contributed by atoms with Crippen molar-refractivity contribution >= 4 is 5.91 Å². The Morgan fingerprint density at radius 3 is 1.12 bits per heavy atom. The van der Waals surface area contributed by atoms with Gasteiger partial charge in [-0.3, -0.25) is 4.79 Å². The third-order valence-electron chi connectivity index (χ3n) is 16.6. The van der Waals surface area contributed by atoms with Crippen molar-refractivity contribution in [2.75, 3.05) is 13.2 Å². The highest BCUT2D eigenvalue weighted by molar-refractivity contribution is 5.76. The molecule has 0 saturated carbocycles. The maximum absolute atomic E-state index is 13.1. The summed E-state index contributed by atoms with van der Waals surface area (Å²) in [6.45, 7) is 3.68. The van der Waals surface area contributed by atoms with Gasteiger partial charge in [-0.1, -0.05) is 329 Å². The Balaban J connectivity index is 2.14. The highest BCUT2D eigenvalue weighted by atomic mass is 16.7.